The maximum Gasteiger partial charge on any atom is 0.269 e. The molecule has 1 saturated heterocycles. The molecule has 202 valence electrons. The summed E-state index contributed by atoms with van der Waals surface area (Å²) in [6, 6.07) is 9.65. The lowest BCUT2D eigenvalue weighted by atomic mass is 9.43. The van der Waals surface area contributed by atoms with Crippen LogP contribution in [0.1, 0.15) is 55.7 Å². The number of carbonyl (C=O) groups excluding carboxylic acids is 2. The van der Waals surface area contributed by atoms with Crippen molar-refractivity contribution < 1.29 is 24.4 Å². The summed E-state index contributed by atoms with van der Waals surface area (Å²) in [7, 11) is 0. The van der Waals surface area contributed by atoms with Gasteiger partial charge in [-0.3, -0.25) is 24.6 Å². The van der Waals surface area contributed by atoms with E-state index in [-0.39, 0.29) is 35.6 Å². The predicted molar refractivity (Wildman–Crippen MR) is 142 cm³/mol. The van der Waals surface area contributed by atoms with Crippen molar-refractivity contribution in [2.24, 2.45) is 5.92 Å². The number of carbonyl (C=O) groups is 2. The number of non-ortho nitro benzene ring substituents is 1. The number of piperidine rings is 1. The van der Waals surface area contributed by atoms with Crippen LogP contribution in [0.2, 0.25) is 0 Å². The number of hydrogen-bond donors (Lipinski definition) is 2. The molecular formula is C30H31N3O6. The minimum Gasteiger partial charge on any atom is -0.504 e. The van der Waals surface area contributed by atoms with Crippen LogP contribution >= 0.6 is 0 Å². The van der Waals surface area contributed by atoms with E-state index < -0.39 is 21.5 Å². The van der Waals surface area contributed by atoms with Crippen molar-refractivity contribution in [2.75, 3.05) is 13.1 Å². The Morgan fingerprint density at radius 1 is 1.23 bits per heavy atom. The van der Waals surface area contributed by atoms with Gasteiger partial charge in [0.05, 0.1) is 15.9 Å². The number of nitro benzene ring substituents is 1. The number of ketones is 1. The van der Waals surface area contributed by atoms with Gasteiger partial charge in [0.1, 0.15) is 0 Å². The number of nitrogens with zero attached hydrogens (tertiary/aromatic N) is 2. The van der Waals surface area contributed by atoms with Gasteiger partial charge in [0.2, 0.25) is 5.91 Å². The van der Waals surface area contributed by atoms with Gasteiger partial charge >= 0.3 is 0 Å². The minimum atomic E-state index is -1.19. The highest BCUT2D eigenvalue weighted by atomic mass is 16.6. The van der Waals surface area contributed by atoms with Crippen LogP contribution in [-0.2, 0) is 21.4 Å². The maximum atomic E-state index is 13.7. The van der Waals surface area contributed by atoms with Crippen LogP contribution in [0.5, 0.6) is 11.5 Å². The van der Waals surface area contributed by atoms with Gasteiger partial charge in [-0.25, -0.2) is 0 Å². The van der Waals surface area contributed by atoms with Gasteiger partial charge in [-0.15, -0.1) is 0 Å². The molecule has 9 nitrogen and oxygen atoms in total. The third-order valence-electron chi connectivity index (χ3n) is 10.1. The number of benzene rings is 2. The average Bonchev–Trinajstić information content (AvgIpc) is 3.68. The number of rotatable bonds is 6. The first kappa shape index (κ1) is 24.3. The molecule has 2 N–H and O–H groups in total. The van der Waals surface area contributed by atoms with Crippen molar-refractivity contribution in [3.63, 3.8) is 0 Å². The minimum absolute atomic E-state index is 0.00615. The molecule has 0 aromatic heterocycles. The molecule has 9 heteroatoms. The molecule has 2 heterocycles. The van der Waals surface area contributed by atoms with Crippen LogP contribution in [0.25, 0.3) is 6.08 Å². The Morgan fingerprint density at radius 2 is 2.00 bits per heavy atom. The van der Waals surface area contributed by atoms with E-state index in [0.29, 0.717) is 36.5 Å². The molecule has 0 unspecified atom stereocenters. The third kappa shape index (κ3) is 3.22. The van der Waals surface area contributed by atoms with E-state index in [1.807, 2.05) is 13.0 Å². The number of ether oxygens (including phenoxy) is 1. The second kappa shape index (κ2) is 8.14. The second-order valence-corrected chi connectivity index (χ2v) is 12.0. The highest BCUT2D eigenvalue weighted by Crippen LogP contribution is 2.68. The van der Waals surface area contributed by atoms with Crippen molar-refractivity contribution in [3.8, 4) is 11.5 Å². The molecule has 3 aliphatic carbocycles. The molecule has 39 heavy (non-hydrogen) atoms. The lowest BCUT2D eigenvalue weighted by Gasteiger charge is -2.67. The van der Waals surface area contributed by atoms with Gasteiger partial charge in [0.25, 0.3) is 5.69 Å². The van der Waals surface area contributed by atoms with Crippen molar-refractivity contribution in [1.82, 2.24) is 10.2 Å². The van der Waals surface area contributed by atoms with Gasteiger partial charge in [-0.2, -0.15) is 0 Å². The van der Waals surface area contributed by atoms with E-state index in [9.17, 15) is 24.8 Å². The number of nitrogens with one attached hydrogen (secondary N) is 1. The van der Waals surface area contributed by atoms with Crippen molar-refractivity contribution in [1.29, 1.82) is 0 Å². The fourth-order valence-electron chi connectivity index (χ4n) is 8.16. The second-order valence-electron chi connectivity index (χ2n) is 12.0. The number of amides is 1. The molecule has 2 aromatic carbocycles. The molecule has 1 amide bonds. The largest absolute Gasteiger partial charge is 0.504 e. The average molecular weight is 530 g/mol. The van der Waals surface area contributed by atoms with Crippen molar-refractivity contribution >= 4 is 23.5 Å². The number of Topliss-reactive ketones (excluding diaryl/α,β-unsaturated/α-hetero) is 1. The first-order valence-electron chi connectivity index (χ1n) is 13.7. The Bertz CT molecular complexity index is 1450. The molecule has 2 aliphatic heterocycles. The number of nitro groups is 1. The summed E-state index contributed by atoms with van der Waals surface area (Å²) in [4.78, 5) is 40.4. The Labute approximate surface area is 226 Å². The summed E-state index contributed by atoms with van der Waals surface area (Å²) in [5, 5.41) is 25.2. The Hall–Kier alpha value is -3.72. The zero-order chi connectivity index (χ0) is 27.2. The summed E-state index contributed by atoms with van der Waals surface area (Å²) in [5.74, 6) is 0.816. The molecule has 1 spiro atoms. The Kier molecular flexibility index (Phi) is 5.08. The number of phenols is 1. The smallest absolute Gasteiger partial charge is 0.269 e. The fraction of sp³-hybridized carbons (Fsp3) is 0.467. The van der Waals surface area contributed by atoms with Gasteiger partial charge in [0.15, 0.2) is 22.9 Å². The van der Waals surface area contributed by atoms with Crippen molar-refractivity contribution in [2.45, 2.75) is 68.0 Å². The van der Waals surface area contributed by atoms with E-state index in [2.05, 4.69) is 10.2 Å². The summed E-state index contributed by atoms with van der Waals surface area (Å²) < 4.78 is 6.46. The van der Waals surface area contributed by atoms with E-state index in [0.717, 1.165) is 24.2 Å². The molecule has 5 aliphatic rings. The third-order valence-corrected chi connectivity index (χ3v) is 10.1. The fourth-order valence-corrected chi connectivity index (χ4v) is 8.16. The van der Waals surface area contributed by atoms with Gasteiger partial charge in [-0.1, -0.05) is 6.07 Å². The normalized spacial score (nSPS) is 32.5. The zero-order valence-corrected chi connectivity index (χ0v) is 21.8. The van der Waals surface area contributed by atoms with Crippen LogP contribution in [0.15, 0.2) is 42.5 Å². The van der Waals surface area contributed by atoms with Crippen LogP contribution in [0, 0.1) is 16.0 Å². The van der Waals surface area contributed by atoms with E-state index in [4.69, 9.17) is 4.74 Å². The lowest BCUT2D eigenvalue weighted by Crippen LogP contribution is -2.84. The summed E-state index contributed by atoms with van der Waals surface area (Å²) >= 11 is 0. The molecule has 2 saturated carbocycles. The van der Waals surface area contributed by atoms with Crippen LogP contribution < -0.4 is 10.1 Å². The SMILES string of the molecule is C[C@@]12Oc3c(O)ccc4c3[C@@]13CCN(CC1CC1)[C@H](C4)[C@]3(NC(=O)/C=C/c1ccc([N+](=O)[O-])cc1)CCC2=O. The molecule has 2 aromatic rings. The predicted octanol–water partition coefficient (Wildman–Crippen LogP) is 3.66. The van der Waals surface area contributed by atoms with Crippen LogP contribution in [0.4, 0.5) is 5.69 Å². The van der Waals surface area contributed by atoms with E-state index >= 15 is 0 Å². The van der Waals surface area contributed by atoms with Gasteiger partial charge in [-0.05, 0) is 86.9 Å². The standard InChI is InChI=1S/C30H31N3O6/c1-28-24(35)12-13-30(31-25(36)11-6-18-4-8-21(9-5-18)33(37)38)23-16-20-7-10-22(34)27(39-28)26(20)29(28,30)14-15-32(23)17-19-2-3-19/h4-11,19,23,34H,2-3,12-17H2,1H3,(H,31,36)/b11-6+/t23-,28+,29+,30-/m1/s1. The number of aromatic hydroxyl groups is 1. The molecule has 2 bridgehead atoms. The first-order valence-corrected chi connectivity index (χ1v) is 13.7. The molecular weight excluding hydrogens is 498 g/mol. The summed E-state index contributed by atoms with van der Waals surface area (Å²) in [6.07, 6.45) is 7.70. The van der Waals surface area contributed by atoms with Gasteiger partial charge < -0.3 is 15.2 Å². The number of likely N-dealkylation sites (tertiary alicyclic amines) is 1. The van der Waals surface area contributed by atoms with E-state index in [1.165, 1.54) is 31.1 Å². The quantitative estimate of drug-likeness (QED) is 0.333. The Balaban J connectivity index is 1.32. The van der Waals surface area contributed by atoms with E-state index in [1.54, 1.807) is 24.3 Å². The highest BCUT2D eigenvalue weighted by Gasteiger charge is 2.78. The topological polar surface area (TPSA) is 122 Å². The zero-order valence-electron chi connectivity index (χ0n) is 21.8. The monoisotopic (exact) mass is 529 g/mol. The number of phenolic OH excluding ortho intramolecular Hbond substituents is 1. The molecule has 4 atom stereocenters. The molecule has 0 radical (unpaired) electrons. The maximum absolute atomic E-state index is 13.7. The summed E-state index contributed by atoms with van der Waals surface area (Å²) in [6.45, 7) is 3.63. The molecule has 7 rings (SSSR count). The summed E-state index contributed by atoms with van der Waals surface area (Å²) in [5.41, 5.74) is -0.106. The Morgan fingerprint density at radius 3 is 2.72 bits per heavy atom. The first-order chi connectivity index (χ1) is 18.7. The van der Waals surface area contributed by atoms with Gasteiger partial charge in [0, 0.05) is 42.8 Å². The van der Waals surface area contributed by atoms with Crippen LogP contribution in [0.3, 0.4) is 0 Å². The van der Waals surface area contributed by atoms with Crippen LogP contribution in [-0.4, -0.2) is 56.9 Å². The van der Waals surface area contributed by atoms with Crippen molar-refractivity contribution in [3.05, 3.63) is 69.3 Å². The highest BCUT2D eigenvalue weighted by molar-refractivity contribution is 5.97. The number of hydrogen-bond acceptors (Lipinski definition) is 7. The molecule has 3 fully saturated rings. The lowest BCUT2D eigenvalue weighted by molar-refractivity contribution is -0.384.